The zero-order valence-corrected chi connectivity index (χ0v) is 15.9. The third-order valence-corrected chi connectivity index (χ3v) is 5.46. The molecule has 27 heavy (non-hydrogen) atoms. The highest BCUT2D eigenvalue weighted by atomic mass is 16.6. The molecule has 1 N–H and O–H groups in total. The van der Waals surface area contributed by atoms with Crippen molar-refractivity contribution in [1.29, 1.82) is 0 Å². The molecular formula is C22H26N2O3. The molecule has 0 fully saturated rings. The largest absolute Gasteiger partial charge is 0.482 e. The van der Waals surface area contributed by atoms with E-state index >= 15 is 0 Å². The maximum atomic E-state index is 12.7. The Balaban J connectivity index is 1.33. The van der Waals surface area contributed by atoms with Gasteiger partial charge in [0.15, 0.2) is 11.5 Å². The van der Waals surface area contributed by atoms with Gasteiger partial charge in [-0.05, 0) is 43.5 Å². The molecule has 0 aromatic heterocycles. The van der Waals surface area contributed by atoms with Crippen LogP contribution in [0.5, 0.6) is 11.5 Å². The zero-order valence-electron chi connectivity index (χ0n) is 15.9. The molecule has 5 nitrogen and oxygen atoms in total. The topological polar surface area (TPSA) is 50.8 Å². The van der Waals surface area contributed by atoms with Gasteiger partial charge in [0.2, 0.25) is 6.10 Å². The van der Waals surface area contributed by atoms with Crippen molar-refractivity contribution >= 4 is 5.91 Å². The molecule has 0 saturated heterocycles. The second-order valence-electron chi connectivity index (χ2n) is 7.39. The number of carbonyl (C=O) groups excluding carboxylic acids is 1. The van der Waals surface area contributed by atoms with Gasteiger partial charge in [-0.15, -0.1) is 0 Å². The standard InChI is InChI=1S/C22H26N2O3/c1-15(24-12-11-17-7-3-4-8-18(17)14-24)13-23-22(25)21-16(2)26-19-9-5-6-10-20(19)27-21/h3-10,15-16,21H,11-14H2,1-2H3,(H,23,25). The first-order chi connectivity index (χ1) is 13.1. The Kier molecular flexibility index (Phi) is 5.03. The van der Waals surface area contributed by atoms with E-state index in [1.807, 2.05) is 31.2 Å². The monoisotopic (exact) mass is 366 g/mol. The van der Waals surface area contributed by atoms with E-state index in [0.29, 0.717) is 18.0 Å². The summed E-state index contributed by atoms with van der Waals surface area (Å²) < 4.78 is 11.7. The van der Waals surface area contributed by atoms with Gasteiger partial charge < -0.3 is 14.8 Å². The van der Waals surface area contributed by atoms with E-state index < -0.39 is 6.10 Å². The number of hydrogen-bond donors (Lipinski definition) is 1. The van der Waals surface area contributed by atoms with Crippen LogP contribution in [0, 0.1) is 0 Å². The van der Waals surface area contributed by atoms with E-state index in [1.165, 1.54) is 11.1 Å². The Morgan fingerprint density at radius 3 is 2.56 bits per heavy atom. The number of nitrogens with one attached hydrogen (secondary N) is 1. The molecular weight excluding hydrogens is 340 g/mol. The molecule has 3 atom stereocenters. The van der Waals surface area contributed by atoms with E-state index in [2.05, 4.69) is 41.4 Å². The van der Waals surface area contributed by atoms with E-state index in [9.17, 15) is 4.79 Å². The predicted octanol–water partition coefficient (Wildman–Crippen LogP) is 2.78. The molecule has 2 heterocycles. The highest BCUT2D eigenvalue weighted by molar-refractivity contribution is 5.82. The molecule has 2 aliphatic rings. The smallest absolute Gasteiger partial charge is 0.265 e. The van der Waals surface area contributed by atoms with Crippen molar-refractivity contribution in [2.24, 2.45) is 0 Å². The molecule has 4 rings (SSSR count). The summed E-state index contributed by atoms with van der Waals surface area (Å²) in [5, 5.41) is 3.05. The Hall–Kier alpha value is -2.53. The Labute approximate surface area is 160 Å². The first-order valence-corrected chi connectivity index (χ1v) is 9.62. The fourth-order valence-corrected chi connectivity index (χ4v) is 3.78. The van der Waals surface area contributed by atoms with Gasteiger partial charge in [0.1, 0.15) is 6.10 Å². The average molecular weight is 366 g/mol. The summed E-state index contributed by atoms with van der Waals surface area (Å²) in [6, 6.07) is 16.3. The predicted molar refractivity (Wildman–Crippen MR) is 104 cm³/mol. The second-order valence-corrected chi connectivity index (χ2v) is 7.39. The van der Waals surface area contributed by atoms with E-state index in [1.54, 1.807) is 0 Å². The fourth-order valence-electron chi connectivity index (χ4n) is 3.78. The molecule has 0 spiro atoms. The second kappa shape index (κ2) is 7.61. The van der Waals surface area contributed by atoms with Crippen molar-refractivity contribution in [3.63, 3.8) is 0 Å². The number of hydrogen-bond acceptors (Lipinski definition) is 4. The number of rotatable bonds is 4. The van der Waals surface area contributed by atoms with E-state index in [0.717, 1.165) is 19.5 Å². The summed E-state index contributed by atoms with van der Waals surface area (Å²) in [5.41, 5.74) is 2.82. The zero-order chi connectivity index (χ0) is 18.8. The summed E-state index contributed by atoms with van der Waals surface area (Å²) in [6.07, 6.45) is 0.105. The highest BCUT2D eigenvalue weighted by Gasteiger charge is 2.34. The van der Waals surface area contributed by atoms with Gasteiger partial charge in [0.25, 0.3) is 5.91 Å². The van der Waals surface area contributed by atoms with Crippen molar-refractivity contribution < 1.29 is 14.3 Å². The number of carbonyl (C=O) groups is 1. The van der Waals surface area contributed by atoms with Gasteiger partial charge >= 0.3 is 0 Å². The van der Waals surface area contributed by atoms with Crippen LogP contribution in [0.3, 0.4) is 0 Å². The maximum Gasteiger partial charge on any atom is 0.265 e. The molecule has 0 saturated carbocycles. The molecule has 5 heteroatoms. The van der Waals surface area contributed by atoms with Crippen LogP contribution in [0.25, 0.3) is 0 Å². The van der Waals surface area contributed by atoms with Crippen LogP contribution in [-0.2, 0) is 17.8 Å². The van der Waals surface area contributed by atoms with Crippen LogP contribution < -0.4 is 14.8 Å². The Bertz CT molecular complexity index is 823. The summed E-state index contributed by atoms with van der Waals surface area (Å²) in [4.78, 5) is 15.1. The quantitative estimate of drug-likeness (QED) is 0.904. The van der Waals surface area contributed by atoms with Crippen molar-refractivity contribution in [3.05, 3.63) is 59.7 Å². The van der Waals surface area contributed by atoms with Gasteiger partial charge in [-0.2, -0.15) is 0 Å². The lowest BCUT2D eigenvalue weighted by atomic mass is 9.99. The number of nitrogens with zero attached hydrogens (tertiary/aromatic N) is 1. The molecule has 0 radical (unpaired) electrons. The van der Waals surface area contributed by atoms with Crippen LogP contribution in [0.4, 0.5) is 0 Å². The number of amides is 1. The van der Waals surface area contributed by atoms with Crippen LogP contribution >= 0.6 is 0 Å². The number of para-hydroxylation sites is 2. The average Bonchev–Trinajstić information content (AvgIpc) is 2.70. The van der Waals surface area contributed by atoms with Crippen LogP contribution in [0.2, 0.25) is 0 Å². The lowest BCUT2D eigenvalue weighted by molar-refractivity contribution is -0.133. The first-order valence-electron chi connectivity index (χ1n) is 9.62. The third kappa shape index (κ3) is 3.78. The molecule has 2 aliphatic heterocycles. The highest BCUT2D eigenvalue weighted by Crippen LogP contribution is 2.33. The van der Waals surface area contributed by atoms with Gasteiger partial charge in [-0.3, -0.25) is 9.69 Å². The molecule has 2 aromatic rings. The minimum atomic E-state index is -0.630. The Morgan fingerprint density at radius 1 is 1.11 bits per heavy atom. The third-order valence-electron chi connectivity index (χ3n) is 5.46. The van der Waals surface area contributed by atoms with E-state index in [-0.39, 0.29) is 18.1 Å². The minimum absolute atomic E-state index is 0.124. The minimum Gasteiger partial charge on any atom is -0.482 e. The molecule has 0 aliphatic carbocycles. The molecule has 0 bridgehead atoms. The van der Waals surface area contributed by atoms with Crippen LogP contribution in [0.15, 0.2) is 48.5 Å². The van der Waals surface area contributed by atoms with Gasteiger partial charge in [-0.25, -0.2) is 0 Å². The SMILES string of the molecule is CC1Oc2ccccc2OC1C(=O)NCC(C)N1CCc2ccccc2C1. The van der Waals surface area contributed by atoms with E-state index in [4.69, 9.17) is 9.47 Å². The normalized spacial score (nSPS) is 22.6. The van der Waals surface area contributed by atoms with Crippen molar-refractivity contribution in [1.82, 2.24) is 10.2 Å². The first kappa shape index (κ1) is 17.9. The number of benzene rings is 2. The lowest BCUT2D eigenvalue weighted by Crippen LogP contribution is -2.52. The van der Waals surface area contributed by atoms with Gasteiger partial charge in [-0.1, -0.05) is 36.4 Å². The fraction of sp³-hybridized carbons (Fsp3) is 0.409. The molecule has 3 unspecified atom stereocenters. The van der Waals surface area contributed by atoms with Gasteiger partial charge in [0, 0.05) is 25.7 Å². The van der Waals surface area contributed by atoms with Crippen molar-refractivity contribution in [2.45, 2.75) is 45.1 Å². The van der Waals surface area contributed by atoms with Crippen molar-refractivity contribution in [3.8, 4) is 11.5 Å². The maximum absolute atomic E-state index is 12.7. The van der Waals surface area contributed by atoms with Crippen molar-refractivity contribution in [2.75, 3.05) is 13.1 Å². The summed E-state index contributed by atoms with van der Waals surface area (Å²) in [6.45, 7) is 6.56. The van der Waals surface area contributed by atoms with Gasteiger partial charge in [0.05, 0.1) is 0 Å². The summed E-state index contributed by atoms with van der Waals surface area (Å²) in [5.74, 6) is 1.19. The molecule has 142 valence electrons. The Morgan fingerprint density at radius 2 is 1.78 bits per heavy atom. The number of fused-ring (bicyclic) bond motifs is 2. The molecule has 1 amide bonds. The number of ether oxygens (including phenoxy) is 2. The van der Waals surface area contributed by atoms with Crippen LogP contribution in [-0.4, -0.2) is 42.1 Å². The summed E-state index contributed by atoms with van der Waals surface area (Å²) >= 11 is 0. The molecule has 2 aromatic carbocycles. The summed E-state index contributed by atoms with van der Waals surface area (Å²) in [7, 11) is 0. The van der Waals surface area contributed by atoms with Crippen LogP contribution in [0.1, 0.15) is 25.0 Å². The lowest BCUT2D eigenvalue weighted by Gasteiger charge is -2.35.